The van der Waals surface area contributed by atoms with E-state index in [9.17, 15) is 9.18 Å². The molecule has 2 aromatic heterocycles. The molecule has 8 heteroatoms. The van der Waals surface area contributed by atoms with Crippen LogP contribution in [0.4, 0.5) is 4.39 Å². The van der Waals surface area contributed by atoms with Crippen molar-refractivity contribution in [1.29, 1.82) is 0 Å². The van der Waals surface area contributed by atoms with E-state index in [-0.39, 0.29) is 18.1 Å². The molecule has 1 amide bonds. The molecule has 7 nitrogen and oxygen atoms in total. The van der Waals surface area contributed by atoms with E-state index in [0.29, 0.717) is 37.7 Å². The van der Waals surface area contributed by atoms with Crippen molar-refractivity contribution >= 4 is 5.91 Å². The van der Waals surface area contributed by atoms with Gasteiger partial charge in [0.1, 0.15) is 11.5 Å². The van der Waals surface area contributed by atoms with Crippen LogP contribution in [0.2, 0.25) is 0 Å². The van der Waals surface area contributed by atoms with Gasteiger partial charge >= 0.3 is 0 Å². The molecule has 0 saturated heterocycles. The van der Waals surface area contributed by atoms with E-state index in [1.54, 1.807) is 16.8 Å². The van der Waals surface area contributed by atoms with Crippen LogP contribution in [0, 0.1) is 12.7 Å². The average Bonchev–Trinajstić information content (AvgIpc) is 3.27. The third kappa shape index (κ3) is 4.99. The Kier molecular flexibility index (Phi) is 5.95. The van der Waals surface area contributed by atoms with Gasteiger partial charge in [0.2, 0.25) is 11.8 Å². The summed E-state index contributed by atoms with van der Waals surface area (Å²) < 4.78 is 20.3. The van der Waals surface area contributed by atoms with E-state index in [4.69, 9.17) is 4.42 Å². The van der Waals surface area contributed by atoms with Crippen LogP contribution in [-0.2, 0) is 24.2 Å². The van der Waals surface area contributed by atoms with Gasteiger partial charge in [0.05, 0.1) is 5.69 Å². The number of benzene rings is 1. The van der Waals surface area contributed by atoms with E-state index in [0.717, 1.165) is 17.0 Å². The first-order valence-electron chi connectivity index (χ1n) is 8.93. The third-order valence-corrected chi connectivity index (χ3v) is 4.10. The van der Waals surface area contributed by atoms with Crippen molar-refractivity contribution in [2.75, 3.05) is 6.54 Å². The van der Waals surface area contributed by atoms with Crippen LogP contribution in [0.1, 0.15) is 30.5 Å². The highest BCUT2D eigenvalue weighted by Crippen LogP contribution is 2.19. The predicted molar refractivity (Wildman–Crippen MR) is 97.4 cm³/mol. The molecule has 0 fully saturated rings. The number of hydrogen-bond donors (Lipinski definition) is 1. The van der Waals surface area contributed by atoms with Gasteiger partial charge in [-0.2, -0.15) is 5.10 Å². The van der Waals surface area contributed by atoms with Crippen LogP contribution in [0.25, 0.3) is 11.6 Å². The Morgan fingerprint density at radius 2 is 2.00 bits per heavy atom. The lowest BCUT2D eigenvalue weighted by molar-refractivity contribution is -0.121. The summed E-state index contributed by atoms with van der Waals surface area (Å²) in [6.07, 6.45) is 1.28. The first kappa shape index (κ1) is 18.8. The number of nitrogens with zero attached hydrogens (tertiary/aromatic N) is 4. The van der Waals surface area contributed by atoms with Crippen LogP contribution >= 0.6 is 0 Å². The Bertz CT molecular complexity index is 901. The number of halogens is 1. The minimum atomic E-state index is -0.265. The second kappa shape index (κ2) is 8.57. The molecule has 2 heterocycles. The first-order valence-corrected chi connectivity index (χ1v) is 8.93. The monoisotopic (exact) mass is 371 g/mol. The molecule has 0 unspecified atom stereocenters. The SMILES string of the molecule is CCn1nc(C)cc1-c1nnc(CCC(=O)NCCc2ccc(F)cc2)o1. The summed E-state index contributed by atoms with van der Waals surface area (Å²) in [4.78, 5) is 12.0. The second-order valence-corrected chi connectivity index (χ2v) is 6.21. The van der Waals surface area contributed by atoms with Gasteiger partial charge < -0.3 is 9.73 Å². The molecule has 0 atom stereocenters. The zero-order chi connectivity index (χ0) is 19.2. The molecule has 0 radical (unpaired) electrons. The van der Waals surface area contributed by atoms with Gasteiger partial charge in [-0.05, 0) is 44.0 Å². The predicted octanol–water partition coefficient (Wildman–Crippen LogP) is 2.69. The zero-order valence-corrected chi connectivity index (χ0v) is 15.4. The lowest BCUT2D eigenvalue weighted by Crippen LogP contribution is -2.25. The lowest BCUT2D eigenvalue weighted by atomic mass is 10.1. The van der Waals surface area contributed by atoms with E-state index in [2.05, 4.69) is 20.6 Å². The van der Waals surface area contributed by atoms with Crippen molar-refractivity contribution in [3.8, 4) is 11.6 Å². The fourth-order valence-corrected chi connectivity index (χ4v) is 2.72. The fraction of sp³-hybridized carbons (Fsp3) is 0.368. The van der Waals surface area contributed by atoms with Crippen molar-refractivity contribution in [3.63, 3.8) is 0 Å². The molecule has 0 bridgehead atoms. The number of nitrogens with one attached hydrogen (secondary N) is 1. The van der Waals surface area contributed by atoms with Gasteiger partial charge in [-0.15, -0.1) is 10.2 Å². The zero-order valence-electron chi connectivity index (χ0n) is 15.4. The van der Waals surface area contributed by atoms with Gasteiger partial charge in [0, 0.05) is 25.9 Å². The highest BCUT2D eigenvalue weighted by molar-refractivity contribution is 5.76. The topological polar surface area (TPSA) is 85.8 Å². The minimum Gasteiger partial charge on any atom is -0.419 e. The summed E-state index contributed by atoms with van der Waals surface area (Å²) in [6.45, 7) is 5.10. The standard InChI is InChI=1S/C19H22FN5O2/c1-3-25-16(12-13(2)24-25)19-23-22-18(27-19)9-8-17(26)21-11-10-14-4-6-15(20)7-5-14/h4-7,12H,3,8-11H2,1-2H3,(H,21,26). The fourth-order valence-electron chi connectivity index (χ4n) is 2.72. The second-order valence-electron chi connectivity index (χ2n) is 6.21. The maximum atomic E-state index is 12.9. The molecule has 27 heavy (non-hydrogen) atoms. The maximum absolute atomic E-state index is 12.9. The largest absolute Gasteiger partial charge is 0.419 e. The van der Waals surface area contributed by atoms with E-state index in [1.165, 1.54) is 12.1 Å². The molecule has 1 aromatic carbocycles. The quantitative estimate of drug-likeness (QED) is 0.658. The van der Waals surface area contributed by atoms with E-state index in [1.807, 2.05) is 19.9 Å². The van der Waals surface area contributed by atoms with E-state index >= 15 is 0 Å². The van der Waals surface area contributed by atoms with Crippen molar-refractivity contribution in [1.82, 2.24) is 25.3 Å². The summed E-state index contributed by atoms with van der Waals surface area (Å²) in [5, 5.41) is 15.3. The van der Waals surface area contributed by atoms with Crippen molar-refractivity contribution in [2.24, 2.45) is 0 Å². The molecule has 3 rings (SSSR count). The number of rotatable bonds is 8. The highest BCUT2D eigenvalue weighted by Gasteiger charge is 2.15. The van der Waals surface area contributed by atoms with Gasteiger partial charge in [0.15, 0.2) is 0 Å². The Morgan fingerprint density at radius 1 is 1.22 bits per heavy atom. The van der Waals surface area contributed by atoms with Crippen LogP contribution in [0.3, 0.4) is 0 Å². The van der Waals surface area contributed by atoms with Crippen molar-refractivity contribution in [3.05, 3.63) is 53.3 Å². The van der Waals surface area contributed by atoms with Crippen LogP contribution in [-0.4, -0.2) is 32.4 Å². The summed E-state index contributed by atoms with van der Waals surface area (Å²) in [5.41, 5.74) is 2.63. The molecule has 0 aliphatic carbocycles. The molecule has 0 aliphatic rings. The number of carbonyl (C=O) groups is 1. The van der Waals surface area contributed by atoms with Gasteiger partial charge in [0.25, 0.3) is 5.89 Å². The van der Waals surface area contributed by atoms with Gasteiger partial charge in [-0.3, -0.25) is 9.48 Å². The number of carbonyl (C=O) groups excluding carboxylic acids is 1. The first-order chi connectivity index (χ1) is 13.0. The molecule has 3 aromatic rings. The number of aromatic nitrogens is 4. The summed E-state index contributed by atoms with van der Waals surface area (Å²) in [5.74, 6) is 0.467. The Labute approximate surface area is 156 Å². The molecule has 0 aliphatic heterocycles. The molecule has 0 saturated carbocycles. The number of aryl methyl sites for hydroxylation is 3. The van der Waals surface area contributed by atoms with Gasteiger partial charge in [-0.1, -0.05) is 12.1 Å². The Balaban J connectivity index is 1.46. The van der Waals surface area contributed by atoms with Crippen LogP contribution in [0.5, 0.6) is 0 Å². The Hall–Kier alpha value is -3.03. The lowest BCUT2D eigenvalue weighted by Gasteiger charge is -2.04. The number of amides is 1. The molecule has 0 spiro atoms. The third-order valence-electron chi connectivity index (χ3n) is 4.10. The average molecular weight is 371 g/mol. The smallest absolute Gasteiger partial charge is 0.265 e. The number of hydrogen-bond acceptors (Lipinski definition) is 5. The molecule has 1 N–H and O–H groups in total. The van der Waals surface area contributed by atoms with Crippen LogP contribution < -0.4 is 5.32 Å². The van der Waals surface area contributed by atoms with E-state index < -0.39 is 0 Å². The summed E-state index contributed by atoms with van der Waals surface area (Å²) in [6, 6.07) is 8.14. The van der Waals surface area contributed by atoms with Crippen LogP contribution in [0.15, 0.2) is 34.7 Å². The minimum absolute atomic E-state index is 0.0914. The normalized spacial score (nSPS) is 10.9. The molecular formula is C19H22FN5O2. The highest BCUT2D eigenvalue weighted by atomic mass is 19.1. The van der Waals surface area contributed by atoms with Crippen molar-refractivity contribution in [2.45, 2.75) is 39.7 Å². The Morgan fingerprint density at radius 3 is 2.74 bits per heavy atom. The maximum Gasteiger partial charge on any atom is 0.265 e. The molecular weight excluding hydrogens is 349 g/mol. The molecule has 142 valence electrons. The van der Waals surface area contributed by atoms with Gasteiger partial charge in [-0.25, -0.2) is 4.39 Å². The van der Waals surface area contributed by atoms with Crippen molar-refractivity contribution < 1.29 is 13.6 Å². The summed E-state index contributed by atoms with van der Waals surface area (Å²) >= 11 is 0. The summed E-state index contributed by atoms with van der Waals surface area (Å²) in [7, 11) is 0.